The van der Waals surface area contributed by atoms with Crippen molar-refractivity contribution >= 4 is 17.5 Å². The van der Waals surface area contributed by atoms with Crippen molar-refractivity contribution in [2.45, 2.75) is 6.54 Å². The second kappa shape index (κ2) is 11.7. The van der Waals surface area contributed by atoms with Gasteiger partial charge in [0.25, 0.3) is 0 Å². The maximum atomic E-state index is 12.3. The Morgan fingerprint density at radius 3 is 2.56 bits per heavy atom. The van der Waals surface area contributed by atoms with Gasteiger partial charge in [0.05, 0.1) is 38.3 Å². The van der Waals surface area contributed by atoms with Gasteiger partial charge >= 0.3 is 6.03 Å². The molecule has 2 aromatic rings. The minimum Gasteiger partial charge on any atom is -0.492 e. The van der Waals surface area contributed by atoms with Crippen molar-refractivity contribution in [2.75, 3.05) is 76.0 Å². The van der Waals surface area contributed by atoms with E-state index in [0.717, 1.165) is 63.1 Å². The molecule has 0 saturated carbocycles. The number of ether oxygens (including phenoxy) is 3. The molecule has 2 aliphatic rings. The number of benzene rings is 1. The van der Waals surface area contributed by atoms with Crippen LogP contribution in [0.5, 0.6) is 5.75 Å². The number of hydrogen-bond donors (Lipinski definition) is 2. The topological polar surface area (TPSA) is 88.2 Å². The Bertz CT molecular complexity index is 852. The van der Waals surface area contributed by atoms with E-state index in [0.29, 0.717) is 32.1 Å². The molecule has 3 heterocycles. The summed E-state index contributed by atoms with van der Waals surface area (Å²) >= 11 is 0. The summed E-state index contributed by atoms with van der Waals surface area (Å²) in [5.74, 6) is 1.70. The van der Waals surface area contributed by atoms with Crippen LogP contribution in [-0.2, 0) is 16.0 Å². The average Bonchev–Trinajstić information content (AvgIpc) is 2.85. The van der Waals surface area contributed by atoms with Crippen molar-refractivity contribution in [3.63, 3.8) is 0 Å². The molecule has 0 unspecified atom stereocenters. The summed E-state index contributed by atoms with van der Waals surface area (Å²) in [6.07, 6.45) is 1.67. The molecule has 0 radical (unpaired) electrons. The fraction of sp³-hybridized carbons (Fsp3) is 0.478. The maximum absolute atomic E-state index is 12.3. The van der Waals surface area contributed by atoms with E-state index in [2.05, 4.69) is 25.4 Å². The van der Waals surface area contributed by atoms with E-state index < -0.39 is 0 Å². The van der Waals surface area contributed by atoms with Crippen LogP contribution in [-0.4, -0.2) is 81.7 Å². The van der Waals surface area contributed by atoms with Gasteiger partial charge in [-0.3, -0.25) is 4.90 Å². The first kappa shape index (κ1) is 22.3. The van der Waals surface area contributed by atoms with E-state index in [1.807, 2.05) is 36.4 Å². The lowest BCUT2D eigenvalue weighted by atomic mass is 10.2. The molecule has 2 N–H and O–H groups in total. The van der Waals surface area contributed by atoms with Crippen molar-refractivity contribution < 1.29 is 19.0 Å². The Morgan fingerprint density at radius 1 is 1.03 bits per heavy atom. The Kier molecular flexibility index (Phi) is 8.13. The van der Waals surface area contributed by atoms with E-state index >= 15 is 0 Å². The first-order valence-electron chi connectivity index (χ1n) is 11.1. The lowest BCUT2D eigenvalue weighted by Crippen LogP contribution is -2.38. The smallest absolute Gasteiger partial charge is 0.319 e. The number of carbonyl (C=O) groups excluding carboxylic acids is 1. The average molecular weight is 442 g/mol. The predicted octanol–water partition coefficient (Wildman–Crippen LogP) is 1.95. The van der Waals surface area contributed by atoms with Crippen LogP contribution >= 0.6 is 0 Å². The van der Waals surface area contributed by atoms with E-state index in [4.69, 9.17) is 14.2 Å². The number of aromatic nitrogens is 1. The van der Waals surface area contributed by atoms with Crippen LogP contribution in [0.3, 0.4) is 0 Å². The molecular weight excluding hydrogens is 410 g/mol. The van der Waals surface area contributed by atoms with Gasteiger partial charge in [-0.05, 0) is 29.8 Å². The molecule has 1 aromatic carbocycles. The molecule has 2 aliphatic heterocycles. The zero-order chi connectivity index (χ0) is 22.0. The molecule has 0 atom stereocenters. The summed E-state index contributed by atoms with van der Waals surface area (Å²) in [5, 5.41) is 5.70. The number of morpholine rings is 2. The normalized spacial score (nSPS) is 17.1. The van der Waals surface area contributed by atoms with Crippen molar-refractivity contribution in [1.82, 2.24) is 15.2 Å². The number of nitrogens with zero attached hydrogens (tertiary/aromatic N) is 3. The zero-order valence-corrected chi connectivity index (χ0v) is 18.3. The van der Waals surface area contributed by atoms with Crippen LogP contribution in [0.2, 0.25) is 0 Å². The Labute approximate surface area is 188 Å². The highest BCUT2D eigenvalue weighted by atomic mass is 16.5. The highest BCUT2D eigenvalue weighted by molar-refractivity contribution is 5.89. The molecule has 0 spiro atoms. The standard InChI is InChI=1S/C23H31N5O4/c29-23(26-20-4-5-22(24-18-20)28-9-13-31-14-10-28)25-17-19-2-1-3-21(16-19)32-15-8-27-6-11-30-12-7-27/h1-5,16,18H,6-15,17H2,(H2,25,26,29). The monoisotopic (exact) mass is 441 g/mol. The lowest BCUT2D eigenvalue weighted by Gasteiger charge is -2.27. The number of hydrogen-bond acceptors (Lipinski definition) is 7. The number of amides is 2. The fourth-order valence-electron chi connectivity index (χ4n) is 3.66. The molecule has 0 aliphatic carbocycles. The minimum atomic E-state index is -0.274. The second-order valence-corrected chi connectivity index (χ2v) is 7.76. The Morgan fingerprint density at radius 2 is 1.81 bits per heavy atom. The predicted molar refractivity (Wildman–Crippen MR) is 122 cm³/mol. The molecular formula is C23H31N5O4. The second-order valence-electron chi connectivity index (χ2n) is 7.76. The number of nitrogens with one attached hydrogen (secondary N) is 2. The third kappa shape index (κ3) is 6.81. The van der Waals surface area contributed by atoms with Crippen LogP contribution < -0.4 is 20.3 Å². The molecule has 4 rings (SSSR count). The number of anilines is 2. The van der Waals surface area contributed by atoms with Gasteiger partial charge in [-0.1, -0.05) is 12.1 Å². The van der Waals surface area contributed by atoms with Crippen molar-refractivity contribution in [2.24, 2.45) is 0 Å². The van der Waals surface area contributed by atoms with Gasteiger partial charge in [0, 0.05) is 39.3 Å². The summed E-state index contributed by atoms with van der Waals surface area (Å²) in [7, 11) is 0. The van der Waals surface area contributed by atoms with Crippen molar-refractivity contribution in [3.8, 4) is 5.75 Å². The Hall–Kier alpha value is -2.88. The molecule has 1 aromatic heterocycles. The first-order chi connectivity index (χ1) is 15.8. The van der Waals surface area contributed by atoms with Gasteiger partial charge in [-0.15, -0.1) is 0 Å². The van der Waals surface area contributed by atoms with Gasteiger partial charge in [0.1, 0.15) is 18.2 Å². The minimum absolute atomic E-state index is 0.274. The van der Waals surface area contributed by atoms with Crippen molar-refractivity contribution in [1.29, 1.82) is 0 Å². The third-order valence-electron chi connectivity index (χ3n) is 5.47. The molecule has 0 bridgehead atoms. The Balaban J connectivity index is 1.19. The first-order valence-corrected chi connectivity index (χ1v) is 11.1. The van der Waals surface area contributed by atoms with Crippen LogP contribution in [0.25, 0.3) is 0 Å². The van der Waals surface area contributed by atoms with Crippen LogP contribution in [0, 0.1) is 0 Å². The van der Waals surface area contributed by atoms with Crippen LogP contribution in [0.4, 0.5) is 16.3 Å². The summed E-state index contributed by atoms with van der Waals surface area (Å²) in [6.45, 7) is 8.49. The number of carbonyl (C=O) groups is 1. The molecule has 9 heteroatoms. The van der Waals surface area contributed by atoms with Gasteiger partial charge < -0.3 is 29.7 Å². The maximum Gasteiger partial charge on any atom is 0.319 e. The summed E-state index contributed by atoms with van der Waals surface area (Å²) in [5.41, 5.74) is 1.63. The molecule has 2 saturated heterocycles. The van der Waals surface area contributed by atoms with Crippen LogP contribution in [0.1, 0.15) is 5.56 Å². The molecule has 2 amide bonds. The van der Waals surface area contributed by atoms with Crippen LogP contribution in [0.15, 0.2) is 42.6 Å². The summed E-state index contributed by atoms with van der Waals surface area (Å²) in [4.78, 5) is 21.2. The summed E-state index contributed by atoms with van der Waals surface area (Å²) in [6, 6.07) is 11.3. The highest BCUT2D eigenvalue weighted by Gasteiger charge is 2.13. The van der Waals surface area contributed by atoms with E-state index in [1.54, 1.807) is 6.20 Å². The number of urea groups is 1. The zero-order valence-electron chi connectivity index (χ0n) is 18.3. The molecule has 9 nitrogen and oxygen atoms in total. The van der Waals surface area contributed by atoms with Gasteiger partial charge in [-0.25, -0.2) is 9.78 Å². The van der Waals surface area contributed by atoms with Crippen molar-refractivity contribution in [3.05, 3.63) is 48.2 Å². The number of rotatable bonds is 8. The molecule has 32 heavy (non-hydrogen) atoms. The highest BCUT2D eigenvalue weighted by Crippen LogP contribution is 2.16. The molecule has 172 valence electrons. The quantitative estimate of drug-likeness (QED) is 0.647. The molecule has 2 fully saturated rings. The largest absolute Gasteiger partial charge is 0.492 e. The van der Waals surface area contributed by atoms with E-state index in [1.165, 1.54) is 0 Å². The lowest BCUT2D eigenvalue weighted by molar-refractivity contribution is 0.0322. The van der Waals surface area contributed by atoms with Gasteiger partial charge in [0.15, 0.2) is 0 Å². The third-order valence-corrected chi connectivity index (χ3v) is 5.47. The summed E-state index contributed by atoms with van der Waals surface area (Å²) < 4.78 is 16.6. The number of pyridine rings is 1. The van der Waals surface area contributed by atoms with E-state index in [-0.39, 0.29) is 6.03 Å². The SMILES string of the molecule is O=C(NCc1cccc(OCCN2CCOCC2)c1)Nc1ccc(N2CCOCC2)nc1. The van der Waals surface area contributed by atoms with Gasteiger partial charge in [-0.2, -0.15) is 0 Å². The fourth-order valence-corrected chi connectivity index (χ4v) is 3.66. The van der Waals surface area contributed by atoms with Gasteiger partial charge in [0.2, 0.25) is 0 Å². The van der Waals surface area contributed by atoms with E-state index in [9.17, 15) is 4.79 Å².